The molecule has 8 heteroatoms. The summed E-state index contributed by atoms with van der Waals surface area (Å²) >= 11 is 1.55. The quantitative estimate of drug-likeness (QED) is 0.760. The minimum atomic E-state index is -0.216. The van der Waals surface area contributed by atoms with Gasteiger partial charge in [-0.15, -0.1) is 5.10 Å². The van der Waals surface area contributed by atoms with Crippen molar-refractivity contribution in [2.45, 2.75) is 25.8 Å². The van der Waals surface area contributed by atoms with Gasteiger partial charge in [0, 0.05) is 24.7 Å². The smallest absolute Gasteiger partial charge is 0.409 e. The second-order valence-electron chi connectivity index (χ2n) is 6.23. The molecule has 1 saturated heterocycles. The highest BCUT2D eigenvalue weighted by molar-refractivity contribution is 7.20. The van der Waals surface area contributed by atoms with Crippen LogP contribution in [0.15, 0.2) is 36.5 Å². The number of hydrogen-bond donors (Lipinski definition) is 1. The number of aromatic nitrogens is 3. The number of amides is 1. The molecule has 4 rings (SSSR count). The van der Waals surface area contributed by atoms with E-state index in [1.807, 2.05) is 48.0 Å². The number of ether oxygens (including phenoxy) is 1. The van der Waals surface area contributed by atoms with Crippen molar-refractivity contribution in [2.75, 3.05) is 25.0 Å². The number of nitrogens with one attached hydrogen (secondary N) is 1. The van der Waals surface area contributed by atoms with Crippen LogP contribution in [0.3, 0.4) is 0 Å². The van der Waals surface area contributed by atoms with E-state index in [9.17, 15) is 4.79 Å². The number of benzene rings is 1. The van der Waals surface area contributed by atoms with Crippen LogP contribution in [-0.2, 0) is 4.74 Å². The molecule has 7 nitrogen and oxygen atoms in total. The molecule has 2 aromatic heterocycles. The molecule has 0 unspecified atom stereocenters. The molecule has 1 aromatic carbocycles. The number of carbonyl (C=O) groups is 1. The van der Waals surface area contributed by atoms with Crippen molar-refractivity contribution >= 4 is 27.5 Å². The summed E-state index contributed by atoms with van der Waals surface area (Å²) in [5.41, 5.74) is 2.02. The van der Waals surface area contributed by atoms with E-state index in [-0.39, 0.29) is 6.09 Å². The highest BCUT2D eigenvalue weighted by Crippen LogP contribution is 2.26. The first-order valence-electron chi connectivity index (χ1n) is 8.83. The van der Waals surface area contributed by atoms with Crippen molar-refractivity contribution < 1.29 is 9.53 Å². The second kappa shape index (κ2) is 7.33. The van der Waals surface area contributed by atoms with E-state index in [1.54, 1.807) is 16.2 Å². The highest BCUT2D eigenvalue weighted by Gasteiger charge is 2.24. The Hall–Kier alpha value is -2.61. The zero-order valence-corrected chi connectivity index (χ0v) is 15.4. The number of nitrogens with zero attached hydrogens (tertiary/aromatic N) is 4. The third kappa shape index (κ3) is 3.50. The number of imidazole rings is 1. The lowest BCUT2D eigenvalue weighted by atomic mass is 10.1. The van der Waals surface area contributed by atoms with Gasteiger partial charge in [0.1, 0.15) is 0 Å². The Labute approximate surface area is 155 Å². The molecule has 1 aliphatic heterocycles. The number of anilines is 1. The molecule has 0 saturated carbocycles. The molecular formula is C18H21N5O2S. The minimum absolute atomic E-state index is 0.216. The van der Waals surface area contributed by atoms with Gasteiger partial charge in [-0.3, -0.25) is 0 Å². The van der Waals surface area contributed by atoms with Crippen LogP contribution < -0.4 is 5.32 Å². The van der Waals surface area contributed by atoms with Crippen LogP contribution in [-0.4, -0.2) is 51.3 Å². The average molecular weight is 371 g/mol. The van der Waals surface area contributed by atoms with Crippen LogP contribution >= 0.6 is 11.3 Å². The Bertz CT molecular complexity index is 852. The summed E-state index contributed by atoms with van der Waals surface area (Å²) in [4.78, 5) is 19.1. The summed E-state index contributed by atoms with van der Waals surface area (Å²) in [6.07, 6.45) is 3.51. The maximum Gasteiger partial charge on any atom is 0.409 e. The minimum Gasteiger partial charge on any atom is -0.450 e. The molecule has 0 spiro atoms. The molecule has 1 amide bonds. The van der Waals surface area contributed by atoms with Crippen molar-refractivity contribution in [3.8, 4) is 11.3 Å². The molecule has 3 aromatic rings. The lowest BCUT2D eigenvalue weighted by Gasteiger charge is -2.31. The Balaban J connectivity index is 1.38. The van der Waals surface area contributed by atoms with Gasteiger partial charge in [-0.05, 0) is 19.8 Å². The molecule has 1 aliphatic rings. The maximum atomic E-state index is 11.8. The predicted octanol–water partition coefficient (Wildman–Crippen LogP) is 3.49. The summed E-state index contributed by atoms with van der Waals surface area (Å²) < 4.78 is 6.88. The monoisotopic (exact) mass is 371 g/mol. The number of likely N-dealkylation sites (tertiary alicyclic amines) is 1. The molecule has 0 bridgehead atoms. The van der Waals surface area contributed by atoms with Gasteiger partial charge in [0.05, 0.1) is 18.5 Å². The zero-order chi connectivity index (χ0) is 17.9. The van der Waals surface area contributed by atoms with Gasteiger partial charge in [-0.1, -0.05) is 41.7 Å². The molecule has 0 radical (unpaired) electrons. The third-order valence-corrected chi connectivity index (χ3v) is 5.32. The zero-order valence-electron chi connectivity index (χ0n) is 14.6. The average Bonchev–Trinajstić information content (AvgIpc) is 3.22. The molecular weight excluding hydrogens is 350 g/mol. The molecule has 1 fully saturated rings. The fourth-order valence-electron chi connectivity index (χ4n) is 3.10. The van der Waals surface area contributed by atoms with E-state index in [2.05, 4.69) is 15.4 Å². The van der Waals surface area contributed by atoms with Crippen molar-refractivity contribution in [3.05, 3.63) is 36.5 Å². The number of piperidine rings is 1. The number of hydrogen-bond acceptors (Lipinski definition) is 6. The van der Waals surface area contributed by atoms with Crippen molar-refractivity contribution in [1.82, 2.24) is 19.5 Å². The number of carbonyl (C=O) groups excluding carboxylic acids is 1. The highest BCUT2D eigenvalue weighted by atomic mass is 32.1. The Morgan fingerprint density at radius 2 is 2.08 bits per heavy atom. The van der Waals surface area contributed by atoms with Gasteiger partial charge >= 0.3 is 6.09 Å². The lowest BCUT2D eigenvalue weighted by Crippen LogP contribution is -2.42. The Morgan fingerprint density at radius 1 is 1.31 bits per heavy atom. The summed E-state index contributed by atoms with van der Waals surface area (Å²) in [5.74, 6) is 0. The van der Waals surface area contributed by atoms with Crippen LogP contribution in [0.4, 0.5) is 9.93 Å². The topological polar surface area (TPSA) is 71.8 Å². The molecule has 0 aliphatic carbocycles. The number of rotatable bonds is 4. The largest absolute Gasteiger partial charge is 0.450 e. The first kappa shape index (κ1) is 16.8. The van der Waals surface area contributed by atoms with E-state index in [0.29, 0.717) is 25.7 Å². The molecule has 136 valence electrons. The van der Waals surface area contributed by atoms with Gasteiger partial charge in [0.25, 0.3) is 0 Å². The summed E-state index contributed by atoms with van der Waals surface area (Å²) in [5, 5.41) is 8.93. The summed E-state index contributed by atoms with van der Waals surface area (Å²) in [6.45, 7) is 3.66. The molecule has 0 atom stereocenters. The lowest BCUT2D eigenvalue weighted by molar-refractivity contribution is 0.0983. The van der Waals surface area contributed by atoms with Crippen LogP contribution in [0.5, 0.6) is 0 Å². The fourth-order valence-corrected chi connectivity index (χ4v) is 3.96. The standard InChI is InChI=1S/C18H21N5O2S/c1-2-25-18(24)22-10-8-14(9-11-22)19-16-21-23-12-15(20-17(23)26-16)13-6-4-3-5-7-13/h3-7,12,14H,2,8-11H2,1H3,(H,19,21). The number of fused-ring (bicyclic) bond motifs is 1. The Kier molecular flexibility index (Phi) is 4.75. The summed E-state index contributed by atoms with van der Waals surface area (Å²) in [7, 11) is 0. The van der Waals surface area contributed by atoms with Crippen LogP contribution in [0.1, 0.15) is 19.8 Å². The van der Waals surface area contributed by atoms with Gasteiger partial charge in [-0.25, -0.2) is 14.3 Å². The second-order valence-corrected chi connectivity index (χ2v) is 7.19. The fraction of sp³-hybridized carbons (Fsp3) is 0.389. The summed E-state index contributed by atoms with van der Waals surface area (Å²) in [6, 6.07) is 10.4. The normalized spacial score (nSPS) is 15.3. The van der Waals surface area contributed by atoms with E-state index in [4.69, 9.17) is 4.74 Å². The maximum absolute atomic E-state index is 11.8. The van der Waals surface area contributed by atoms with Crippen molar-refractivity contribution in [3.63, 3.8) is 0 Å². The van der Waals surface area contributed by atoms with Gasteiger partial charge in [0.2, 0.25) is 10.1 Å². The predicted molar refractivity (Wildman–Crippen MR) is 102 cm³/mol. The van der Waals surface area contributed by atoms with Crippen molar-refractivity contribution in [1.29, 1.82) is 0 Å². The van der Waals surface area contributed by atoms with Crippen molar-refractivity contribution in [2.24, 2.45) is 0 Å². The van der Waals surface area contributed by atoms with E-state index < -0.39 is 0 Å². The Morgan fingerprint density at radius 3 is 2.77 bits per heavy atom. The molecule has 3 heterocycles. The van der Waals surface area contributed by atoms with Crippen LogP contribution in [0.2, 0.25) is 0 Å². The molecule has 26 heavy (non-hydrogen) atoms. The van der Waals surface area contributed by atoms with E-state index >= 15 is 0 Å². The van der Waals surface area contributed by atoms with Gasteiger partial charge in [0.15, 0.2) is 0 Å². The first-order valence-corrected chi connectivity index (χ1v) is 9.64. The van der Waals surface area contributed by atoms with Crippen LogP contribution in [0, 0.1) is 0 Å². The van der Waals surface area contributed by atoms with E-state index in [1.165, 1.54) is 0 Å². The first-order chi connectivity index (χ1) is 12.7. The molecule has 1 N–H and O–H groups in total. The van der Waals surface area contributed by atoms with E-state index in [0.717, 1.165) is 34.2 Å². The van der Waals surface area contributed by atoms with Gasteiger partial charge < -0.3 is 15.0 Å². The van der Waals surface area contributed by atoms with Gasteiger partial charge in [-0.2, -0.15) is 0 Å². The SMILES string of the molecule is CCOC(=O)N1CCC(Nc2nn3cc(-c4ccccc4)nc3s2)CC1. The third-order valence-electron chi connectivity index (χ3n) is 4.46. The van der Waals surface area contributed by atoms with Crippen LogP contribution in [0.25, 0.3) is 16.2 Å².